The van der Waals surface area contributed by atoms with Gasteiger partial charge in [0.2, 0.25) is 0 Å². The van der Waals surface area contributed by atoms with E-state index < -0.39 is 12.1 Å². The average Bonchev–Trinajstić information content (AvgIpc) is 2.17. The highest BCUT2D eigenvalue weighted by Crippen LogP contribution is 2.24. The van der Waals surface area contributed by atoms with E-state index in [0.29, 0.717) is 25.9 Å². The molecule has 1 aliphatic heterocycles. The van der Waals surface area contributed by atoms with E-state index in [2.05, 4.69) is 0 Å². The van der Waals surface area contributed by atoms with E-state index >= 15 is 0 Å². The second-order valence-corrected chi connectivity index (χ2v) is 3.77. The number of carboxylic acids is 1. The maximum absolute atomic E-state index is 10.6. The van der Waals surface area contributed by atoms with Crippen LogP contribution < -0.4 is 0 Å². The molecule has 1 rings (SSSR count). The number of nitrogens with zero attached hydrogens (tertiary/aromatic N) is 1. The van der Waals surface area contributed by atoms with Crippen LogP contribution in [-0.4, -0.2) is 40.3 Å². The lowest BCUT2D eigenvalue weighted by molar-refractivity contribution is -0.131. The van der Waals surface area contributed by atoms with Crippen molar-refractivity contribution < 1.29 is 19.8 Å². The summed E-state index contributed by atoms with van der Waals surface area (Å²) in [4.78, 5) is 22.4. The summed E-state index contributed by atoms with van der Waals surface area (Å²) in [5.41, 5.74) is 0.826. The Morgan fingerprint density at radius 2 is 1.80 bits per heavy atom. The summed E-state index contributed by atoms with van der Waals surface area (Å²) in [7, 11) is 0. The summed E-state index contributed by atoms with van der Waals surface area (Å²) < 4.78 is 0. The second kappa shape index (κ2) is 4.82. The molecule has 0 atom stereocenters. The van der Waals surface area contributed by atoms with Crippen LogP contribution in [0.25, 0.3) is 0 Å². The third kappa shape index (κ3) is 3.27. The smallest absolute Gasteiger partial charge is 0.407 e. The van der Waals surface area contributed by atoms with Gasteiger partial charge in [-0.05, 0) is 25.7 Å². The predicted octanol–water partition coefficient (Wildman–Crippen LogP) is 1.41. The molecule has 0 unspecified atom stereocenters. The van der Waals surface area contributed by atoms with E-state index in [1.165, 1.54) is 11.0 Å². The molecular formula is C10H15NO4. The number of hydrogen-bond donors (Lipinski definition) is 2. The maximum Gasteiger partial charge on any atom is 0.407 e. The van der Waals surface area contributed by atoms with Crippen LogP contribution in [0.2, 0.25) is 0 Å². The summed E-state index contributed by atoms with van der Waals surface area (Å²) in [6.45, 7) is 2.77. The molecule has 0 bridgehead atoms. The number of carbonyl (C=O) groups is 2. The fraction of sp³-hybridized carbons (Fsp3) is 0.600. The van der Waals surface area contributed by atoms with E-state index in [9.17, 15) is 9.59 Å². The van der Waals surface area contributed by atoms with Gasteiger partial charge in [0.15, 0.2) is 0 Å². The van der Waals surface area contributed by atoms with E-state index in [4.69, 9.17) is 10.2 Å². The van der Waals surface area contributed by atoms with Gasteiger partial charge in [-0.1, -0.05) is 5.57 Å². The third-order valence-electron chi connectivity index (χ3n) is 2.76. The molecule has 0 aromatic carbocycles. The summed E-state index contributed by atoms with van der Waals surface area (Å²) in [6.07, 6.45) is 1.73. The Balaban J connectivity index is 2.50. The summed E-state index contributed by atoms with van der Waals surface area (Å²) in [6, 6.07) is 0. The van der Waals surface area contributed by atoms with Gasteiger partial charge in [-0.25, -0.2) is 9.59 Å². The van der Waals surface area contributed by atoms with Crippen LogP contribution in [0.4, 0.5) is 4.79 Å². The van der Waals surface area contributed by atoms with Crippen molar-refractivity contribution in [3.63, 3.8) is 0 Å². The van der Waals surface area contributed by atoms with Crippen molar-refractivity contribution in [3.8, 4) is 0 Å². The zero-order valence-electron chi connectivity index (χ0n) is 8.64. The molecule has 1 amide bonds. The fourth-order valence-corrected chi connectivity index (χ4v) is 1.84. The molecule has 1 fully saturated rings. The molecule has 0 radical (unpaired) electrons. The SMILES string of the molecule is C/C(=C\C(=O)O)C1CCN(C(=O)O)CC1. The Kier molecular flexibility index (Phi) is 3.71. The lowest BCUT2D eigenvalue weighted by atomic mass is 9.90. The summed E-state index contributed by atoms with van der Waals surface area (Å²) in [5, 5.41) is 17.3. The maximum atomic E-state index is 10.6. The first-order valence-corrected chi connectivity index (χ1v) is 4.89. The Bertz CT molecular complexity index is 290. The zero-order valence-corrected chi connectivity index (χ0v) is 8.64. The number of likely N-dealkylation sites (tertiary alicyclic amines) is 1. The van der Waals surface area contributed by atoms with Crippen LogP contribution in [0.3, 0.4) is 0 Å². The molecule has 84 valence electrons. The van der Waals surface area contributed by atoms with Crippen molar-refractivity contribution in [2.24, 2.45) is 5.92 Å². The highest BCUT2D eigenvalue weighted by atomic mass is 16.4. The molecule has 0 aromatic rings. The summed E-state index contributed by atoms with van der Waals surface area (Å²) >= 11 is 0. The highest BCUT2D eigenvalue weighted by molar-refractivity contribution is 5.80. The van der Waals surface area contributed by atoms with Crippen LogP contribution >= 0.6 is 0 Å². The molecule has 0 saturated carbocycles. The minimum atomic E-state index is -0.937. The first-order valence-electron chi connectivity index (χ1n) is 4.89. The summed E-state index contributed by atoms with van der Waals surface area (Å²) in [5.74, 6) is -0.732. The lowest BCUT2D eigenvalue weighted by Crippen LogP contribution is -2.37. The van der Waals surface area contributed by atoms with E-state index in [-0.39, 0.29) is 5.92 Å². The molecule has 15 heavy (non-hydrogen) atoms. The largest absolute Gasteiger partial charge is 0.478 e. The molecule has 2 N–H and O–H groups in total. The Hall–Kier alpha value is -1.52. The number of hydrogen-bond acceptors (Lipinski definition) is 2. The monoisotopic (exact) mass is 213 g/mol. The van der Waals surface area contributed by atoms with Crippen LogP contribution in [0.1, 0.15) is 19.8 Å². The second-order valence-electron chi connectivity index (χ2n) is 3.77. The molecular weight excluding hydrogens is 198 g/mol. The number of amides is 1. The van der Waals surface area contributed by atoms with E-state index in [1.54, 1.807) is 6.92 Å². The molecule has 1 saturated heterocycles. The number of piperidine rings is 1. The normalized spacial score (nSPS) is 19.0. The van der Waals surface area contributed by atoms with Gasteiger partial charge in [0.1, 0.15) is 0 Å². The van der Waals surface area contributed by atoms with Gasteiger partial charge in [-0.3, -0.25) is 0 Å². The first-order chi connectivity index (χ1) is 7.00. The van der Waals surface area contributed by atoms with Gasteiger partial charge < -0.3 is 15.1 Å². The topological polar surface area (TPSA) is 77.8 Å². The van der Waals surface area contributed by atoms with Gasteiger partial charge in [-0.15, -0.1) is 0 Å². The van der Waals surface area contributed by atoms with Gasteiger partial charge in [0.05, 0.1) is 0 Å². The van der Waals surface area contributed by atoms with Crippen LogP contribution in [0, 0.1) is 5.92 Å². The Labute approximate surface area is 88.0 Å². The lowest BCUT2D eigenvalue weighted by Gasteiger charge is -2.30. The molecule has 1 aliphatic rings. The van der Waals surface area contributed by atoms with Gasteiger partial charge >= 0.3 is 12.1 Å². The third-order valence-corrected chi connectivity index (χ3v) is 2.76. The van der Waals surface area contributed by atoms with E-state index in [0.717, 1.165) is 5.57 Å². The van der Waals surface area contributed by atoms with E-state index in [1.807, 2.05) is 0 Å². The van der Waals surface area contributed by atoms with Crippen molar-refractivity contribution in [1.29, 1.82) is 0 Å². The highest BCUT2D eigenvalue weighted by Gasteiger charge is 2.23. The molecule has 5 heteroatoms. The van der Waals surface area contributed by atoms with Gasteiger partial charge in [0.25, 0.3) is 0 Å². The quantitative estimate of drug-likeness (QED) is 0.680. The van der Waals surface area contributed by atoms with Crippen molar-refractivity contribution in [3.05, 3.63) is 11.6 Å². The predicted molar refractivity (Wildman–Crippen MR) is 53.7 cm³/mol. The van der Waals surface area contributed by atoms with Crippen LogP contribution in [-0.2, 0) is 4.79 Å². The minimum Gasteiger partial charge on any atom is -0.478 e. The van der Waals surface area contributed by atoms with Crippen molar-refractivity contribution in [2.45, 2.75) is 19.8 Å². The standard InChI is InChI=1S/C10H15NO4/c1-7(6-9(12)13)8-2-4-11(5-3-8)10(14)15/h6,8H,2-5H2,1H3,(H,12,13)(H,14,15)/b7-6+. The van der Waals surface area contributed by atoms with Crippen molar-refractivity contribution >= 4 is 12.1 Å². The van der Waals surface area contributed by atoms with Gasteiger partial charge in [0, 0.05) is 19.2 Å². The van der Waals surface area contributed by atoms with Gasteiger partial charge in [-0.2, -0.15) is 0 Å². The Morgan fingerprint density at radius 1 is 1.27 bits per heavy atom. The molecule has 1 heterocycles. The average molecular weight is 213 g/mol. The minimum absolute atomic E-state index is 0.205. The Morgan fingerprint density at radius 3 is 2.20 bits per heavy atom. The number of allylic oxidation sites excluding steroid dienone is 1. The van der Waals surface area contributed by atoms with Crippen LogP contribution in [0.15, 0.2) is 11.6 Å². The molecule has 5 nitrogen and oxygen atoms in total. The molecule has 0 spiro atoms. The first kappa shape index (κ1) is 11.6. The molecule has 0 aliphatic carbocycles. The zero-order chi connectivity index (χ0) is 11.4. The number of aliphatic carboxylic acids is 1. The number of rotatable bonds is 2. The van der Waals surface area contributed by atoms with Crippen LogP contribution in [0.5, 0.6) is 0 Å². The molecule has 0 aromatic heterocycles. The fourth-order valence-electron chi connectivity index (χ4n) is 1.84. The van der Waals surface area contributed by atoms with Crippen molar-refractivity contribution in [1.82, 2.24) is 4.90 Å². The number of carboxylic acid groups (broad SMARTS) is 2. The van der Waals surface area contributed by atoms with Crippen molar-refractivity contribution in [2.75, 3.05) is 13.1 Å².